The van der Waals surface area contributed by atoms with Crippen molar-refractivity contribution in [2.24, 2.45) is 17.4 Å². The molecular weight excluding hydrogens is 349 g/mol. The van der Waals surface area contributed by atoms with E-state index in [9.17, 15) is 9.18 Å². The van der Waals surface area contributed by atoms with Gasteiger partial charge < -0.3 is 21.7 Å². The second-order valence-electron chi connectivity index (χ2n) is 7.52. The van der Waals surface area contributed by atoms with E-state index in [1.807, 2.05) is 6.07 Å². The van der Waals surface area contributed by atoms with Gasteiger partial charge in [-0.15, -0.1) is 0 Å². The molecule has 150 valence electrons. The molecule has 2 fully saturated rings. The first-order valence-corrected chi connectivity index (χ1v) is 9.51. The van der Waals surface area contributed by atoms with Gasteiger partial charge in [-0.25, -0.2) is 4.39 Å². The Labute approximate surface area is 159 Å². The van der Waals surface area contributed by atoms with E-state index in [1.165, 1.54) is 0 Å². The van der Waals surface area contributed by atoms with E-state index in [1.54, 1.807) is 12.4 Å². The lowest BCUT2D eigenvalue weighted by Crippen LogP contribution is -2.64. The molecule has 0 radical (unpaired) electrons. The summed E-state index contributed by atoms with van der Waals surface area (Å²) in [7, 11) is 2.12. The van der Waals surface area contributed by atoms with Gasteiger partial charge in [-0.3, -0.25) is 20.4 Å². The fraction of sp³-hybridized carbons (Fsp3) is 0.667. The highest BCUT2D eigenvalue weighted by Gasteiger charge is 2.35. The summed E-state index contributed by atoms with van der Waals surface area (Å²) in [6, 6.07) is 1.97. The van der Waals surface area contributed by atoms with Crippen LogP contribution in [0.4, 0.5) is 10.1 Å². The summed E-state index contributed by atoms with van der Waals surface area (Å²) in [5.41, 5.74) is 13.5. The van der Waals surface area contributed by atoms with E-state index in [0.29, 0.717) is 11.6 Å². The zero-order chi connectivity index (χ0) is 19.4. The van der Waals surface area contributed by atoms with Crippen LogP contribution < -0.4 is 27.4 Å². The average Bonchev–Trinajstić information content (AvgIpc) is 2.64. The molecule has 3 heterocycles. The third kappa shape index (κ3) is 4.99. The smallest absolute Gasteiger partial charge is 0.233 e. The molecule has 1 unspecified atom stereocenters. The van der Waals surface area contributed by atoms with Crippen LogP contribution in [-0.2, 0) is 4.79 Å². The lowest BCUT2D eigenvalue weighted by molar-refractivity contribution is -0.122. The van der Waals surface area contributed by atoms with E-state index in [-0.39, 0.29) is 19.0 Å². The van der Waals surface area contributed by atoms with Gasteiger partial charge >= 0.3 is 0 Å². The van der Waals surface area contributed by atoms with Gasteiger partial charge in [-0.2, -0.15) is 0 Å². The molecule has 2 aliphatic heterocycles. The Balaban J connectivity index is 1.72. The van der Waals surface area contributed by atoms with Crippen LogP contribution in [0.25, 0.3) is 0 Å². The van der Waals surface area contributed by atoms with E-state index in [2.05, 4.69) is 32.9 Å². The number of piperidine rings is 1. The lowest BCUT2D eigenvalue weighted by Gasteiger charge is -2.35. The predicted octanol–water partition coefficient (Wildman–Crippen LogP) is -0.454. The SMILES string of the molecule is CN1CCC(c2ccncc2NC(=O)C(C(N)N)C2NCC(F)CN2)CC1. The number of nitrogens with two attached hydrogens (primary N) is 2. The summed E-state index contributed by atoms with van der Waals surface area (Å²) >= 11 is 0. The van der Waals surface area contributed by atoms with Gasteiger partial charge in [0.2, 0.25) is 5.91 Å². The molecule has 2 saturated heterocycles. The quantitative estimate of drug-likeness (QED) is 0.439. The van der Waals surface area contributed by atoms with Crippen LogP contribution in [0.2, 0.25) is 0 Å². The molecule has 0 saturated carbocycles. The van der Waals surface area contributed by atoms with Crippen LogP contribution in [0, 0.1) is 5.92 Å². The van der Waals surface area contributed by atoms with Gasteiger partial charge in [0.1, 0.15) is 6.17 Å². The Bertz CT molecular complexity index is 628. The largest absolute Gasteiger partial charge is 0.324 e. The van der Waals surface area contributed by atoms with Crippen LogP contribution >= 0.6 is 0 Å². The second-order valence-corrected chi connectivity index (χ2v) is 7.52. The molecule has 8 nitrogen and oxygen atoms in total. The molecule has 0 aromatic carbocycles. The minimum absolute atomic E-state index is 0.169. The van der Waals surface area contributed by atoms with Gasteiger partial charge in [0, 0.05) is 19.3 Å². The Hall–Kier alpha value is -1.65. The highest BCUT2D eigenvalue weighted by molar-refractivity contribution is 5.94. The number of rotatable bonds is 5. The number of alkyl halides is 1. The number of nitrogens with one attached hydrogen (secondary N) is 3. The Morgan fingerprint density at radius 3 is 2.63 bits per heavy atom. The normalized spacial score (nSPS) is 26.1. The van der Waals surface area contributed by atoms with Gasteiger partial charge in [-0.1, -0.05) is 0 Å². The number of hydrogen-bond acceptors (Lipinski definition) is 7. The Morgan fingerprint density at radius 2 is 2.00 bits per heavy atom. The number of hydrogen-bond donors (Lipinski definition) is 5. The number of aromatic nitrogens is 1. The zero-order valence-electron chi connectivity index (χ0n) is 15.7. The number of likely N-dealkylation sites (tertiary alicyclic amines) is 1. The maximum Gasteiger partial charge on any atom is 0.233 e. The number of carbonyl (C=O) groups is 1. The Morgan fingerprint density at radius 1 is 1.33 bits per heavy atom. The van der Waals surface area contributed by atoms with Crippen molar-refractivity contribution in [1.82, 2.24) is 20.5 Å². The molecular formula is C18H30FN7O. The lowest BCUT2D eigenvalue weighted by atomic mass is 9.89. The maximum atomic E-state index is 13.4. The molecule has 27 heavy (non-hydrogen) atoms. The number of anilines is 1. The molecule has 2 aliphatic rings. The van der Waals surface area contributed by atoms with Crippen molar-refractivity contribution in [2.75, 3.05) is 38.5 Å². The van der Waals surface area contributed by atoms with E-state index in [0.717, 1.165) is 31.5 Å². The molecule has 1 aromatic heterocycles. The van der Waals surface area contributed by atoms with E-state index >= 15 is 0 Å². The molecule has 9 heteroatoms. The molecule has 0 bridgehead atoms. The zero-order valence-corrected chi connectivity index (χ0v) is 15.7. The van der Waals surface area contributed by atoms with Crippen LogP contribution in [-0.4, -0.2) is 67.5 Å². The van der Waals surface area contributed by atoms with Crippen molar-refractivity contribution in [3.8, 4) is 0 Å². The van der Waals surface area contributed by atoms with Crippen molar-refractivity contribution >= 4 is 11.6 Å². The predicted molar refractivity (Wildman–Crippen MR) is 103 cm³/mol. The minimum Gasteiger partial charge on any atom is -0.324 e. The first-order valence-electron chi connectivity index (χ1n) is 9.51. The van der Waals surface area contributed by atoms with Crippen molar-refractivity contribution in [2.45, 2.75) is 37.3 Å². The molecule has 7 N–H and O–H groups in total. The third-order valence-corrected chi connectivity index (χ3v) is 5.47. The van der Waals surface area contributed by atoms with Crippen LogP contribution in [0.15, 0.2) is 18.5 Å². The summed E-state index contributed by atoms with van der Waals surface area (Å²) < 4.78 is 13.4. The summed E-state index contributed by atoms with van der Waals surface area (Å²) in [6.45, 7) is 2.39. The number of halogens is 1. The van der Waals surface area contributed by atoms with Crippen LogP contribution in [0.3, 0.4) is 0 Å². The van der Waals surface area contributed by atoms with Gasteiger partial charge in [-0.05, 0) is 50.5 Å². The molecule has 0 spiro atoms. The average molecular weight is 379 g/mol. The fourth-order valence-electron chi connectivity index (χ4n) is 3.86. The van der Waals surface area contributed by atoms with Crippen molar-refractivity contribution in [3.05, 3.63) is 24.0 Å². The molecule has 1 atom stereocenters. The van der Waals surface area contributed by atoms with Gasteiger partial charge in [0.25, 0.3) is 0 Å². The summed E-state index contributed by atoms with van der Waals surface area (Å²) in [5, 5.41) is 8.90. The molecule has 3 rings (SSSR count). The summed E-state index contributed by atoms with van der Waals surface area (Å²) in [4.78, 5) is 19.4. The fourth-order valence-corrected chi connectivity index (χ4v) is 3.86. The molecule has 1 aromatic rings. The third-order valence-electron chi connectivity index (χ3n) is 5.47. The molecule has 0 aliphatic carbocycles. The highest BCUT2D eigenvalue weighted by Crippen LogP contribution is 2.32. The first-order chi connectivity index (χ1) is 13.0. The summed E-state index contributed by atoms with van der Waals surface area (Å²) in [5.74, 6) is -0.653. The number of carbonyl (C=O) groups excluding carboxylic acids is 1. The van der Waals surface area contributed by atoms with E-state index < -0.39 is 24.4 Å². The van der Waals surface area contributed by atoms with Crippen LogP contribution in [0.5, 0.6) is 0 Å². The number of nitrogens with zero attached hydrogens (tertiary/aromatic N) is 2. The van der Waals surface area contributed by atoms with Crippen molar-refractivity contribution < 1.29 is 9.18 Å². The molecule has 1 amide bonds. The van der Waals surface area contributed by atoms with Crippen molar-refractivity contribution in [3.63, 3.8) is 0 Å². The Kier molecular flexibility index (Phi) is 6.72. The number of amides is 1. The van der Waals surface area contributed by atoms with Crippen LogP contribution in [0.1, 0.15) is 24.3 Å². The minimum atomic E-state index is -0.992. The van der Waals surface area contributed by atoms with E-state index in [4.69, 9.17) is 11.5 Å². The maximum absolute atomic E-state index is 13.4. The number of pyridine rings is 1. The summed E-state index contributed by atoms with van der Waals surface area (Å²) in [6.07, 6.45) is 3.15. The highest BCUT2D eigenvalue weighted by atomic mass is 19.1. The monoisotopic (exact) mass is 379 g/mol. The topological polar surface area (TPSA) is 121 Å². The van der Waals surface area contributed by atoms with Gasteiger partial charge in [0.15, 0.2) is 0 Å². The second kappa shape index (κ2) is 9.03. The van der Waals surface area contributed by atoms with Crippen molar-refractivity contribution in [1.29, 1.82) is 0 Å². The standard InChI is InChI=1S/C18H30FN7O/c1-26-6-3-11(4-7-26)13-2-5-22-10-14(13)25-18(27)15(16(20)21)17-23-8-12(19)9-24-17/h2,5,10-12,15-17,23-24H,3-4,6-9,20-21H2,1H3,(H,25,27). The first kappa shape index (κ1) is 20.1. The van der Waals surface area contributed by atoms with Gasteiger partial charge in [0.05, 0.1) is 30.1 Å².